The number of hydrogen-bond donors (Lipinski definition) is 1. The lowest BCUT2D eigenvalue weighted by Gasteiger charge is -2.26. The fourth-order valence-electron chi connectivity index (χ4n) is 5.35. The van der Waals surface area contributed by atoms with Crippen LogP contribution in [0.15, 0.2) is 91.0 Å². The van der Waals surface area contributed by atoms with Crippen molar-refractivity contribution in [3.63, 3.8) is 0 Å². The number of benzene rings is 4. The standard InChI is InChI=1S/C33H29ClN2O4/c34-29-20-27(40-26-14-12-25(13-15-26)39-21-22-7-3-1-4-8-22)16-17-28(29)32-35-30-19-23(33(37)38)11-18-31(30)36(32)24-9-5-2-6-10-24/h1,3-4,7-8,11-20,24H,2,5-6,9-10,21H2,(H,37,38). The quantitative estimate of drug-likeness (QED) is 0.208. The van der Waals surface area contributed by atoms with Gasteiger partial charge in [-0.1, -0.05) is 61.2 Å². The van der Waals surface area contributed by atoms with E-state index >= 15 is 0 Å². The third-order valence-electron chi connectivity index (χ3n) is 7.37. The van der Waals surface area contributed by atoms with Crippen LogP contribution in [-0.4, -0.2) is 20.6 Å². The van der Waals surface area contributed by atoms with E-state index < -0.39 is 5.97 Å². The third-order valence-corrected chi connectivity index (χ3v) is 7.68. The first-order valence-electron chi connectivity index (χ1n) is 13.5. The van der Waals surface area contributed by atoms with E-state index in [1.807, 2.05) is 72.8 Å². The second-order valence-corrected chi connectivity index (χ2v) is 10.5. The highest BCUT2D eigenvalue weighted by Gasteiger charge is 2.24. The molecule has 40 heavy (non-hydrogen) atoms. The van der Waals surface area contributed by atoms with Gasteiger partial charge in [0.25, 0.3) is 0 Å². The highest BCUT2D eigenvalue weighted by Crippen LogP contribution is 2.39. The largest absolute Gasteiger partial charge is 0.489 e. The van der Waals surface area contributed by atoms with Crippen LogP contribution in [0.1, 0.15) is 54.1 Å². The van der Waals surface area contributed by atoms with Gasteiger partial charge < -0.3 is 19.1 Å². The highest BCUT2D eigenvalue weighted by molar-refractivity contribution is 6.33. The maximum Gasteiger partial charge on any atom is 0.335 e. The first-order valence-corrected chi connectivity index (χ1v) is 13.9. The number of fused-ring (bicyclic) bond motifs is 1. The summed E-state index contributed by atoms with van der Waals surface area (Å²) >= 11 is 6.83. The van der Waals surface area contributed by atoms with E-state index in [0.717, 1.165) is 53.9 Å². The Morgan fingerprint density at radius 1 is 0.875 bits per heavy atom. The molecule has 0 saturated heterocycles. The second kappa shape index (κ2) is 11.4. The lowest BCUT2D eigenvalue weighted by molar-refractivity contribution is 0.0697. The number of nitrogens with zero attached hydrogens (tertiary/aromatic N) is 2. The van der Waals surface area contributed by atoms with E-state index in [1.165, 1.54) is 6.42 Å². The van der Waals surface area contributed by atoms with Crippen LogP contribution in [0.2, 0.25) is 5.02 Å². The maximum atomic E-state index is 11.6. The normalized spacial score (nSPS) is 13.8. The van der Waals surface area contributed by atoms with Gasteiger partial charge in [-0.2, -0.15) is 0 Å². The van der Waals surface area contributed by atoms with Gasteiger partial charge in [0.15, 0.2) is 0 Å². The molecule has 4 aromatic carbocycles. The topological polar surface area (TPSA) is 73.6 Å². The number of imidazole rings is 1. The number of aromatic nitrogens is 2. The van der Waals surface area contributed by atoms with Crippen molar-refractivity contribution in [1.82, 2.24) is 9.55 Å². The molecule has 1 N–H and O–H groups in total. The molecule has 0 unspecified atom stereocenters. The minimum Gasteiger partial charge on any atom is -0.489 e. The molecular weight excluding hydrogens is 524 g/mol. The molecule has 0 amide bonds. The van der Waals surface area contributed by atoms with Crippen LogP contribution in [0.5, 0.6) is 17.2 Å². The smallest absolute Gasteiger partial charge is 0.335 e. The van der Waals surface area contributed by atoms with Gasteiger partial charge >= 0.3 is 5.97 Å². The van der Waals surface area contributed by atoms with Crippen molar-refractivity contribution in [2.24, 2.45) is 0 Å². The minimum atomic E-state index is -0.967. The van der Waals surface area contributed by atoms with Gasteiger partial charge in [0.2, 0.25) is 0 Å². The molecule has 0 radical (unpaired) electrons. The number of rotatable bonds is 8. The Labute approximate surface area is 237 Å². The van der Waals surface area contributed by atoms with E-state index in [9.17, 15) is 9.90 Å². The molecule has 0 bridgehead atoms. The van der Waals surface area contributed by atoms with E-state index in [1.54, 1.807) is 18.2 Å². The number of aromatic carboxylic acids is 1. The molecule has 1 heterocycles. The van der Waals surface area contributed by atoms with E-state index in [2.05, 4.69) is 4.57 Å². The first kappa shape index (κ1) is 26.0. The van der Waals surface area contributed by atoms with E-state index in [-0.39, 0.29) is 5.56 Å². The Morgan fingerprint density at radius 3 is 2.33 bits per heavy atom. The number of hydrogen-bond acceptors (Lipinski definition) is 4. The fourth-order valence-corrected chi connectivity index (χ4v) is 5.61. The summed E-state index contributed by atoms with van der Waals surface area (Å²) in [4.78, 5) is 16.5. The summed E-state index contributed by atoms with van der Waals surface area (Å²) in [5.41, 5.74) is 3.71. The van der Waals surface area contributed by atoms with E-state index in [4.69, 9.17) is 26.1 Å². The summed E-state index contributed by atoms with van der Waals surface area (Å²) < 4.78 is 14.2. The Morgan fingerprint density at radius 2 is 1.60 bits per heavy atom. The lowest BCUT2D eigenvalue weighted by atomic mass is 9.94. The van der Waals surface area contributed by atoms with Crippen molar-refractivity contribution >= 4 is 28.6 Å². The number of halogens is 1. The van der Waals surface area contributed by atoms with Crippen LogP contribution in [0, 0.1) is 0 Å². The average Bonchev–Trinajstić information content (AvgIpc) is 3.36. The predicted molar refractivity (Wildman–Crippen MR) is 157 cm³/mol. The van der Waals surface area contributed by atoms with Crippen molar-refractivity contribution in [2.75, 3.05) is 0 Å². The molecule has 6 rings (SSSR count). The summed E-state index contributed by atoms with van der Waals surface area (Å²) in [6, 6.07) is 28.6. The summed E-state index contributed by atoms with van der Waals surface area (Å²) in [6.45, 7) is 0.501. The van der Waals surface area contributed by atoms with Crippen LogP contribution < -0.4 is 9.47 Å². The molecule has 0 spiro atoms. The molecular formula is C33H29ClN2O4. The molecule has 1 saturated carbocycles. The molecule has 5 aromatic rings. The van der Waals surface area contributed by atoms with Crippen molar-refractivity contribution in [3.05, 3.63) is 107 Å². The summed E-state index contributed by atoms with van der Waals surface area (Å²) in [6.07, 6.45) is 5.67. The fraction of sp³-hybridized carbons (Fsp3) is 0.212. The SMILES string of the molecule is O=C(O)c1ccc2c(c1)nc(-c1ccc(Oc3ccc(OCc4ccccc4)cc3)cc1Cl)n2C1CCCCC1. The van der Waals surface area contributed by atoms with Crippen LogP contribution in [0.3, 0.4) is 0 Å². The third kappa shape index (κ3) is 5.54. The van der Waals surface area contributed by atoms with Crippen LogP contribution in [-0.2, 0) is 6.61 Å². The van der Waals surface area contributed by atoms with Gasteiger partial charge in [0.05, 0.1) is 21.6 Å². The highest BCUT2D eigenvalue weighted by atomic mass is 35.5. The van der Waals surface area contributed by atoms with Crippen molar-refractivity contribution in [3.8, 4) is 28.6 Å². The van der Waals surface area contributed by atoms with Crippen molar-refractivity contribution < 1.29 is 19.4 Å². The molecule has 1 aromatic heterocycles. The van der Waals surface area contributed by atoms with Gasteiger partial charge in [-0.25, -0.2) is 9.78 Å². The maximum absolute atomic E-state index is 11.6. The molecule has 1 aliphatic carbocycles. The average molecular weight is 553 g/mol. The Balaban J connectivity index is 1.24. The number of ether oxygens (including phenoxy) is 2. The minimum absolute atomic E-state index is 0.221. The Kier molecular flexibility index (Phi) is 7.43. The predicted octanol–water partition coefficient (Wildman–Crippen LogP) is 8.93. The first-order chi connectivity index (χ1) is 19.5. The zero-order chi connectivity index (χ0) is 27.5. The Bertz CT molecular complexity index is 1640. The van der Waals surface area contributed by atoms with Crippen molar-refractivity contribution in [2.45, 2.75) is 44.8 Å². The molecule has 0 atom stereocenters. The number of carboxylic acids is 1. The van der Waals surface area contributed by atoms with E-state index in [0.29, 0.717) is 34.7 Å². The van der Waals surface area contributed by atoms with Gasteiger partial charge in [-0.3, -0.25) is 0 Å². The van der Waals surface area contributed by atoms with Gasteiger partial charge in [0, 0.05) is 17.7 Å². The van der Waals surface area contributed by atoms with Crippen LogP contribution in [0.25, 0.3) is 22.4 Å². The molecule has 0 aliphatic heterocycles. The lowest BCUT2D eigenvalue weighted by Crippen LogP contribution is -2.14. The zero-order valence-corrected chi connectivity index (χ0v) is 22.7. The summed E-state index contributed by atoms with van der Waals surface area (Å²) in [5, 5.41) is 10.0. The monoisotopic (exact) mass is 552 g/mol. The van der Waals surface area contributed by atoms with Crippen LogP contribution in [0.4, 0.5) is 0 Å². The summed E-state index contributed by atoms with van der Waals surface area (Å²) in [5.74, 6) is 1.83. The molecule has 6 nitrogen and oxygen atoms in total. The van der Waals surface area contributed by atoms with Gasteiger partial charge in [0.1, 0.15) is 29.7 Å². The molecule has 1 fully saturated rings. The molecule has 1 aliphatic rings. The zero-order valence-electron chi connectivity index (χ0n) is 21.9. The Hall–Kier alpha value is -4.29. The summed E-state index contributed by atoms with van der Waals surface area (Å²) in [7, 11) is 0. The van der Waals surface area contributed by atoms with Crippen molar-refractivity contribution in [1.29, 1.82) is 0 Å². The van der Waals surface area contributed by atoms with Crippen LogP contribution >= 0.6 is 11.6 Å². The molecule has 7 heteroatoms. The number of carboxylic acid groups (broad SMARTS) is 1. The van der Waals surface area contributed by atoms with Gasteiger partial charge in [-0.05, 0) is 73.0 Å². The number of carbonyl (C=O) groups is 1. The second-order valence-electron chi connectivity index (χ2n) is 10.1. The van der Waals surface area contributed by atoms with Gasteiger partial charge in [-0.15, -0.1) is 0 Å². The molecule has 202 valence electrons.